The Labute approximate surface area is 100 Å². The van der Waals surface area contributed by atoms with Gasteiger partial charge in [-0.2, -0.15) is 0 Å². The third-order valence-corrected chi connectivity index (χ3v) is 3.67. The van der Waals surface area contributed by atoms with E-state index in [9.17, 15) is 9.50 Å². The van der Waals surface area contributed by atoms with E-state index in [0.29, 0.717) is 17.9 Å². The molecule has 1 aromatic carbocycles. The molecule has 0 aliphatic heterocycles. The van der Waals surface area contributed by atoms with Crippen molar-refractivity contribution in [3.05, 3.63) is 34.6 Å². The van der Waals surface area contributed by atoms with Crippen LogP contribution >= 0.6 is 11.6 Å². The molecule has 88 valence electrons. The van der Waals surface area contributed by atoms with Crippen molar-refractivity contribution in [2.24, 2.45) is 5.92 Å². The van der Waals surface area contributed by atoms with Crippen molar-refractivity contribution >= 4 is 11.6 Å². The Bertz CT molecular complexity index is 394. The molecule has 0 heterocycles. The Morgan fingerprint density at radius 3 is 2.94 bits per heavy atom. The zero-order valence-corrected chi connectivity index (χ0v) is 10.1. The van der Waals surface area contributed by atoms with Crippen LogP contribution in [0.4, 0.5) is 4.39 Å². The molecule has 3 heteroatoms. The van der Waals surface area contributed by atoms with Crippen molar-refractivity contribution in [3.8, 4) is 0 Å². The number of rotatable bonds is 2. The van der Waals surface area contributed by atoms with E-state index in [0.717, 1.165) is 19.3 Å². The zero-order chi connectivity index (χ0) is 11.8. The van der Waals surface area contributed by atoms with Gasteiger partial charge in [-0.1, -0.05) is 30.7 Å². The van der Waals surface area contributed by atoms with Gasteiger partial charge in [-0.3, -0.25) is 0 Å². The molecule has 1 aliphatic rings. The summed E-state index contributed by atoms with van der Waals surface area (Å²) < 4.78 is 13.7. The maximum atomic E-state index is 13.7. The third kappa shape index (κ3) is 2.38. The van der Waals surface area contributed by atoms with E-state index in [-0.39, 0.29) is 5.02 Å². The van der Waals surface area contributed by atoms with E-state index in [1.807, 2.05) is 0 Å². The molecule has 0 amide bonds. The van der Waals surface area contributed by atoms with Crippen LogP contribution in [0.1, 0.15) is 31.7 Å². The molecule has 0 spiro atoms. The Balaban J connectivity index is 2.18. The van der Waals surface area contributed by atoms with Gasteiger partial charge in [0.05, 0.1) is 10.6 Å². The summed E-state index contributed by atoms with van der Waals surface area (Å²) in [4.78, 5) is 0. The Hall–Kier alpha value is -0.600. The molecule has 2 unspecified atom stereocenters. The minimum Gasteiger partial charge on any atom is -0.390 e. The van der Waals surface area contributed by atoms with E-state index < -0.39 is 11.4 Å². The molecule has 1 fully saturated rings. The Morgan fingerprint density at radius 1 is 1.56 bits per heavy atom. The molecule has 1 nitrogen and oxygen atoms in total. The largest absolute Gasteiger partial charge is 0.390 e. The number of aliphatic hydroxyl groups is 1. The average Bonchev–Trinajstić information content (AvgIpc) is 2.54. The van der Waals surface area contributed by atoms with Gasteiger partial charge in [0.15, 0.2) is 0 Å². The lowest BCUT2D eigenvalue weighted by Gasteiger charge is -2.23. The first kappa shape index (κ1) is 11.9. The lowest BCUT2D eigenvalue weighted by Crippen LogP contribution is -2.28. The molecule has 0 saturated heterocycles. The highest BCUT2D eigenvalue weighted by Gasteiger charge is 2.35. The van der Waals surface area contributed by atoms with Crippen LogP contribution in [0, 0.1) is 11.7 Å². The van der Waals surface area contributed by atoms with E-state index >= 15 is 0 Å². The zero-order valence-electron chi connectivity index (χ0n) is 9.34. The van der Waals surface area contributed by atoms with Crippen LogP contribution < -0.4 is 0 Å². The molecular formula is C13H16ClFO. The topological polar surface area (TPSA) is 20.2 Å². The SMILES string of the molecule is CC1CCC(O)(Cc2cccc(Cl)c2F)C1. The average molecular weight is 243 g/mol. The predicted molar refractivity (Wildman–Crippen MR) is 63.1 cm³/mol. The summed E-state index contributed by atoms with van der Waals surface area (Å²) in [7, 11) is 0. The summed E-state index contributed by atoms with van der Waals surface area (Å²) in [5.74, 6) is 0.129. The standard InChI is InChI=1S/C13H16ClFO/c1-9-5-6-13(16,7-9)8-10-3-2-4-11(14)12(10)15/h2-4,9,16H,5-8H2,1H3. The summed E-state index contributed by atoms with van der Waals surface area (Å²) >= 11 is 5.72. The highest BCUT2D eigenvalue weighted by molar-refractivity contribution is 6.30. The number of hydrogen-bond acceptors (Lipinski definition) is 1. The molecule has 1 aromatic rings. The van der Waals surface area contributed by atoms with Gasteiger partial charge in [0.2, 0.25) is 0 Å². The lowest BCUT2D eigenvalue weighted by atomic mass is 9.92. The summed E-state index contributed by atoms with van der Waals surface area (Å²) in [6, 6.07) is 4.95. The number of halogens is 2. The maximum Gasteiger partial charge on any atom is 0.145 e. The van der Waals surface area contributed by atoms with Crippen LogP contribution in [0.3, 0.4) is 0 Å². The normalized spacial score (nSPS) is 29.6. The molecule has 1 aliphatic carbocycles. The van der Waals surface area contributed by atoms with Gasteiger partial charge in [0.25, 0.3) is 0 Å². The monoisotopic (exact) mass is 242 g/mol. The molecular weight excluding hydrogens is 227 g/mol. The van der Waals surface area contributed by atoms with E-state index in [1.54, 1.807) is 12.1 Å². The van der Waals surface area contributed by atoms with E-state index in [1.165, 1.54) is 6.07 Å². The highest BCUT2D eigenvalue weighted by Crippen LogP contribution is 2.37. The van der Waals surface area contributed by atoms with Gasteiger partial charge in [-0.15, -0.1) is 0 Å². The molecule has 16 heavy (non-hydrogen) atoms. The second-order valence-electron chi connectivity index (χ2n) is 4.96. The van der Waals surface area contributed by atoms with Crippen LogP contribution in [-0.4, -0.2) is 10.7 Å². The van der Waals surface area contributed by atoms with Crippen LogP contribution in [0.5, 0.6) is 0 Å². The predicted octanol–water partition coefficient (Wildman–Crippen LogP) is 3.57. The van der Waals surface area contributed by atoms with Gasteiger partial charge < -0.3 is 5.11 Å². The maximum absolute atomic E-state index is 13.7. The summed E-state index contributed by atoms with van der Waals surface area (Å²) in [6.07, 6.45) is 2.88. The van der Waals surface area contributed by atoms with Crippen LogP contribution in [0.25, 0.3) is 0 Å². The second-order valence-corrected chi connectivity index (χ2v) is 5.37. The number of benzene rings is 1. The minimum atomic E-state index is -0.745. The van der Waals surface area contributed by atoms with E-state index in [4.69, 9.17) is 11.6 Å². The first-order valence-electron chi connectivity index (χ1n) is 5.65. The van der Waals surface area contributed by atoms with Crippen molar-refractivity contribution in [1.29, 1.82) is 0 Å². The van der Waals surface area contributed by atoms with Crippen molar-refractivity contribution in [2.45, 2.75) is 38.2 Å². The van der Waals surface area contributed by atoms with E-state index in [2.05, 4.69) is 6.92 Å². The summed E-state index contributed by atoms with van der Waals surface area (Å²) in [5, 5.41) is 10.5. The van der Waals surface area contributed by atoms with Gasteiger partial charge in [-0.25, -0.2) is 4.39 Å². The first-order chi connectivity index (χ1) is 7.50. The lowest BCUT2D eigenvalue weighted by molar-refractivity contribution is 0.0438. The molecule has 0 bridgehead atoms. The molecule has 0 radical (unpaired) electrons. The molecule has 2 rings (SSSR count). The Morgan fingerprint density at radius 2 is 2.31 bits per heavy atom. The van der Waals surface area contributed by atoms with Crippen molar-refractivity contribution in [1.82, 2.24) is 0 Å². The summed E-state index contributed by atoms with van der Waals surface area (Å²) in [5.41, 5.74) is -0.227. The first-order valence-corrected chi connectivity index (χ1v) is 6.03. The van der Waals surface area contributed by atoms with Crippen LogP contribution in [0.2, 0.25) is 5.02 Å². The highest BCUT2D eigenvalue weighted by atomic mass is 35.5. The van der Waals surface area contributed by atoms with Crippen LogP contribution in [-0.2, 0) is 6.42 Å². The van der Waals surface area contributed by atoms with Gasteiger partial charge in [0.1, 0.15) is 5.82 Å². The van der Waals surface area contributed by atoms with Crippen molar-refractivity contribution in [2.75, 3.05) is 0 Å². The molecule has 1 N–H and O–H groups in total. The van der Waals surface area contributed by atoms with Gasteiger partial charge >= 0.3 is 0 Å². The molecule has 0 aromatic heterocycles. The summed E-state index contributed by atoms with van der Waals surface area (Å²) in [6.45, 7) is 2.12. The molecule has 2 atom stereocenters. The van der Waals surface area contributed by atoms with Crippen molar-refractivity contribution in [3.63, 3.8) is 0 Å². The van der Waals surface area contributed by atoms with Gasteiger partial charge in [-0.05, 0) is 36.8 Å². The Kier molecular flexibility index (Phi) is 3.22. The fourth-order valence-corrected chi connectivity index (χ4v) is 2.76. The minimum absolute atomic E-state index is 0.132. The van der Waals surface area contributed by atoms with Gasteiger partial charge in [0, 0.05) is 6.42 Å². The fourth-order valence-electron chi connectivity index (χ4n) is 2.57. The second kappa shape index (κ2) is 4.34. The van der Waals surface area contributed by atoms with Crippen LogP contribution in [0.15, 0.2) is 18.2 Å². The van der Waals surface area contributed by atoms with Crippen molar-refractivity contribution < 1.29 is 9.50 Å². The smallest absolute Gasteiger partial charge is 0.145 e. The number of hydrogen-bond donors (Lipinski definition) is 1. The third-order valence-electron chi connectivity index (χ3n) is 3.38. The quantitative estimate of drug-likeness (QED) is 0.841. The fraction of sp³-hybridized carbons (Fsp3) is 0.538. The molecule has 1 saturated carbocycles.